The van der Waals surface area contributed by atoms with Crippen LogP contribution in [-0.4, -0.2) is 31.8 Å². The Morgan fingerprint density at radius 1 is 1.44 bits per heavy atom. The number of cyclic esters (lactones) is 1. The second kappa shape index (κ2) is 4.57. The van der Waals surface area contributed by atoms with Crippen molar-refractivity contribution >= 4 is 11.8 Å². The second-order valence-corrected chi connectivity index (χ2v) is 4.75. The van der Waals surface area contributed by atoms with Crippen molar-refractivity contribution in [2.45, 2.75) is 12.5 Å². The summed E-state index contributed by atoms with van der Waals surface area (Å²) in [7, 11) is 0. The predicted octanol–water partition coefficient (Wildman–Crippen LogP) is 1.76. The van der Waals surface area contributed by atoms with Crippen molar-refractivity contribution in [2.75, 3.05) is 24.6 Å². The van der Waals surface area contributed by atoms with Crippen LogP contribution in [0, 0.1) is 11.7 Å². The molecule has 1 amide bonds. The Morgan fingerprint density at radius 3 is 3.06 bits per heavy atom. The quantitative estimate of drug-likeness (QED) is 0.869. The maximum atomic E-state index is 13.3. The van der Waals surface area contributed by atoms with E-state index in [-0.39, 0.29) is 18.0 Å². The van der Waals surface area contributed by atoms with Gasteiger partial charge in [-0.2, -0.15) is 0 Å². The van der Waals surface area contributed by atoms with Gasteiger partial charge in [-0.05, 0) is 37.1 Å². The van der Waals surface area contributed by atoms with Crippen LogP contribution in [0.5, 0.6) is 0 Å². The van der Waals surface area contributed by atoms with Crippen LogP contribution < -0.4 is 10.2 Å². The van der Waals surface area contributed by atoms with Crippen LogP contribution in [0.2, 0.25) is 0 Å². The zero-order chi connectivity index (χ0) is 12.5. The van der Waals surface area contributed by atoms with Crippen molar-refractivity contribution in [3.8, 4) is 0 Å². The van der Waals surface area contributed by atoms with E-state index in [1.807, 2.05) is 0 Å². The van der Waals surface area contributed by atoms with Gasteiger partial charge in [-0.3, -0.25) is 4.90 Å². The molecule has 2 aliphatic rings. The summed E-state index contributed by atoms with van der Waals surface area (Å²) >= 11 is 0. The first-order chi connectivity index (χ1) is 8.75. The molecule has 0 aliphatic carbocycles. The Labute approximate surface area is 105 Å². The molecule has 0 bridgehead atoms. The summed E-state index contributed by atoms with van der Waals surface area (Å²) in [5.74, 6) is 0.0372. The van der Waals surface area contributed by atoms with E-state index in [9.17, 15) is 9.18 Å². The van der Waals surface area contributed by atoms with Crippen molar-refractivity contribution in [2.24, 2.45) is 5.92 Å². The Kier molecular flexibility index (Phi) is 2.91. The number of anilines is 1. The zero-order valence-electron chi connectivity index (χ0n) is 9.93. The van der Waals surface area contributed by atoms with Crippen molar-refractivity contribution in [3.05, 3.63) is 30.1 Å². The van der Waals surface area contributed by atoms with E-state index in [1.165, 1.54) is 12.1 Å². The van der Waals surface area contributed by atoms with Crippen LogP contribution in [0.4, 0.5) is 14.9 Å². The average Bonchev–Trinajstić information content (AvgIpc) is 2.97. The minimum Gasteiger partial charge on any atom is -0.447 e. The maximum absolute atomic E-state index is 13.3. The first kappa shape index (κ1) is 11.5. The Bertz CT molecular complexity index is 460. The van der Waals surface area contributed by atoms with Gasteiger partial charge in [0, 0.05) is 6.54 Å². The van der Waals surface area contributed by atoms with Gasteiger partial charge in [0.15, 0.2) is 0 Å². The fourth-order valence-electron chi connectivity index (χ4n) is 2.71. The highest BCUT2D eigenvalue weighted by molar-refractivity contribution is 5.90. The first-order valence-electron chi connectivity index (χ1n) is 6.18. The summed E-state index contributed by atoms with van der Waals surface area (Å²) in [6.07, 6.45) is 0.644. The van der Waals surface area contributed by atoms with E-state index in [0.29, 0.717) is 18.2 Å². The molecule has 0 radical (unpaired) electrons. The highest BCUT2D eigenvalue weighted by Crippen LogP contribution is 2.29. The van der Waals surface area contributed by atoms with Gasteiger partial charge in [-0.15, -0.1) is 0 Å². The molecule has 3 rings (SSSR count). The number of halogens is 1. The molecule has 2 heterocycles. The van der Waals surface area contributed by atoms with Gasteiger partial charge in [0.05, 0.1) is 11.7 Å². The predicted molar refractivity (Wildman–Crippen MR) is 65.0 cm³/mol. The molecular formula is C13H15FN2O2. The van der Waals surface area contributed by atoms with Crippen LogP contribution in [0.3, 0.4) is 0 Å². The Morgan fingerprint density at radius 2 is 2.33 bits per heavy atom. The van der Waals surface area contributed by atoms with Gasteiger partial charge >= 0.3 is 6.09 Å². The van der Waals surface area contributed by atoms with Gasteiger partial charge in [-0.1, -0.05) is 6.07 Å². The molecule has 0 spiro atoms. The lowest BCUT2D eigenvalue weighted by molar-refractivity contribution is 0.176. The van der Waals surface area contributed by atoms with E-state index < -0.39 is 0 Å². The molecular weight excluding hydrogens is 235 g/mol. The molecule has 96 valence electrons. The minimum absolute atomic E-state index is 0.00861. The summed E-state index contributed by atoms with van der Waals surface area (Å²) in [5, 5.41) is 3.28. The summed E-state index contributed by atoms with van der Waals surface area (Å²) in [6.45, 7) is 2.24. The number of hydrogen-bond donors (Lipinski definition) is 1. The van der Waals surface area contributed by atoms with E-state index in [4.69, 9.17) is 4.74 Å². The lowest BCUT2D eigenvalue weighted by Crippen LogP contribution is -2.40. The van der Waals surface area contributed by atoms with Crippen molar-refractivity contribution in [1.29, 1.82) is 0 Å². The maximum Gasteiger partial charge on any atom is 0.414 e. The molecule has 1 aromatic carbocycles. The second-order valence-electron chi connectivity index (χ2n) is 4.75. The largest absolute Gasteiger partial charge is 0.447 e. The molecule has 0 aromatic heterocycles. The van der Waals surface area contributed by atoms with Crippen LogP contribution in [0.25, 0.3) is 0 Å². The monoisotopic (exact) mass is 250 g/mol. The minimum atomic E-state index is -0.377. The van der Waals surface area contributed by atoms with Crippen LogP contribution in [0.15, 0.2) is 24.3 Å². The number of rotatable bonds is 2. The van der Waals surface area contributed by atoms with E-state index in [2.05, 4.69) is 5.32 Å². The molecule has 1 N–H and O–H groups in total. The highest BCUT2D eigenvalue weighted by atomic mass is 19.1. The van der Waals surface area contributed by atoms with Gasteiger partial charge in [0.1, 0.15) is 12.4 Å². The fraction of sp³-hybridized carbons (Fsp3) is 0.462. The smallest absolute Gasteiger partial charge is 0.414 e. The summed E-state index contributed by atoms with van der Waals surface area (Å²) in [5.41, 5.74) is 0.578. The third-order valence-corrected chi connectivity index (χ3v) is 3.63. The molecule has 5 heteroatoms. The molecule has 2 atom stereocenters. The molecule has 4 nitrogen and oxygen atoms in total. The van der Waals surface area contributed by atoms with Crippen LogP contribution in [0.1, 0.15) is 6.42 Å². The molecule has 2 unspecified atom stereocenters. The number of carbonyl (C=O) groups excluding carboxylic acids is 1. The number of amides is 1. The SMILES string of the molecule is O=C1OCC(C2CCNC2)N1c1cccc(F)c1. The van der Waals surface area contributed by atoms with Gasteiger partial charge in [-0.25, -0.2) is 9.18 Å². The van der Waals surface area contributed by atoms with Crippen LogP contribution >= 0.6 is 0 Å². The number of hydrogen-bond acceptors (Lipinski definition) is 3. The van der Waals surface area contributed by atoms with Crippen LogP contribution in [-0.2, 0) is 4.74 Å². The molecule has 2 aliphatic heterocycles. The number of carbonyl (C=O) groups is 1. The topological polar surface area (TPSA) is 41.6 Å². The third-order valence-electron chi connectivity index (χ3n) is 3.63. The number of ether oxygens (including phenoxy) is 1. The van der Waals surface area contributed by atoms with Gasteiger partial charge in [0.2, 0.25) is 0 Å². The summed E-state index contributed by atoms with van der Waals surface area (Å²) in [4.78, 5) is 13.4. The van der Waals surface area contributed by atoms with Crippen molar-refractivity contribution < 1.29 is 13.9 Å². The Hall–Kier alpha value is -1.62. The van der Waals surface area contributed by atoms with Crippen molar-refractivity contribution in [3.63, 3.8) is 0 Å². The molecule has 18 heavy (non-hydrogen) atoms. The molecule has 0 saturated carbocycles. The summed E-state index contributed by atoms with van der Waals surface area (Å²) in [6, 6.07) is 6.11. The van der Waals surface area contributed by atoms with Crippen molar-refractivity contribution in [1.82, 2.24) is 5.32 Å². The van der Waals surface area contributed by atoms with E-state index >= 15 is 0 Å². The van der Waals surface area contributed by atoms with Gasteiger partial charge < -0.3 is 10.1 Å². The highest BCUT2D eigenvalue weighted by Gasteiger charge is 2.40. The fourth-order valence-corrected chi connectivity index (χ4v) is 2.71. The normalized spacial score (nSPS) is 27.6. The zero-order valence-corrected chi connectivity index (χ0v) is 9.93. The first-order valence-corrected chi connectivity index (χ1v) is 6.18. The van der Waals surface area contributed by atoms with Gasteiger partial charge in [0.25, 0.3) is 0 Å². The lowest BCUT2D eigenvalue weighted by atomic mass is 9.98. The number of benzene rings is 1. The number of nitrogens with one attached hydrogen (secondary N) is 1. The molecule has 2 saturated heterocycles. The summed E-state index contributed by atoms with van der Waals surface area (Å²) < 4.78 is 18.4. The standard InChI is InChI=1S/C13H15FN2O2/c14-10-2-1-3-11(6-10)16-12(8-18-13(16)17)9-4-5-15-7-9/h1-3,6,9,12,15H,4-5,7-8H2. The Balaban J connectivity index is 1.89. The molecule has 1 aromatic rings. The van der Waals surface area contributed by atoms with E-state index in [1.54, 1.807) is 17.0 Å². The third kappa shape index (κ3) is 1.95. The average molecular weight is 250 g/mol. The molecule has 2 fully saturated rings. The number of nitrogens with zero attached hydrogens (tertiary/aromatic N) is 1. The lowest BCUT2D eigenvalue weighted by Gasteiger charge is -2.25. The van der Waals surface area contributed by atoms with E-state index in [0.717, 1.165) is 19.5 Å².